The molecule has 1 aliphatic heterocycles. The largest absolute Gasteiger partial charge is 0.490 e. The highest BCUT2D eigenvalue weighted by Gasteiger charge is 2.59. The fraction of sp³-hybridized carbons (Fsp3) is 0.385. The number of fused-ring (bicyclic) bond motifs is 1. The van der Waals surface area contributed by atoms with Gasteiger partial charge >= 0.3 is 0 Å². The maximum Gasteiger partial charge on any atom is 0.237 e. The van der Waals surface area contributed by atoms with Crippen molar-refractivity contribution in [3.63, 3.8) is 0 Å². The molecule has 1 saturated carbocycles. The van der Waals surface area contributed by atoms with Crippen LogP contribution in [0.2, 0.25) is 0 Å². The number of nitrogens with two attached hydrogens (primary N) is 1. The summed E-state index contributed by atoms with van der Waals surface area (Å²) in [5.74, 6) is 0.133. The van der Waals surface area contributed by atoms with Crippen molar-refractivity contribution >= 4 is 17.5 Å². The van der Waals surface area contributed by atoms with E-state index in [9.17, 15) is 9.59 Å². The van der Waals surface area contributed by atoms with Gasteiger partial charge in [-0.25, -0.2) is 4.90 Å². The number of nitrogens with zero attached hydrogens (tertiary/aromatic N) is 1. The number of amides is 2. The summed E-state index contributed by atoms with van der Waals surface area (Å²) in [7, 11) is 0. The molecule has 0 spiro atoms. The smallest absolute Gasteiger partial charge is 0.237 e. The first-order chi connectivity index (χ1) is 8.74. The van der Waals surface area contributed by atoms with E-state index >= 15 is 0 Å². The first-order valence-electron chi connectivity index (χ1n) is 6.03. The summed E-state index contributed by atoms with van der Waals surface area (Å²) >= 11 is 0. The Hall–Kier alpha value is -1.88. The van der Waals surface area contributed by atoms with Crippen LogP contribution < -0.4 is 15.4 Å². The number of anilines is 1. The van der Waals surface area contributed by atoms with E-state index in [1.165, 1.54) is 4.90 Å². The van der Waals surface area contributed by atoms with Crippen molar-refractivity contribution in [2.45, 2.75) is 6.42 Å². The number of carbonyl (C=O) groups is 2. The standard InChI is InChI=1S/C13H14N2O3/c14-5-6-18-11-4-2-1-3-10(11)15-12(16)8-7-9(8)13(15)17/h1-4,8-9H,5-7,14H2. The molecule has 1 aromatic rings. The number of carbonyl (C=O) groups excluding carboxylic acids is 2. The quantitative estimate of drug-likeness (QED) is 0.787. The Labute approximate surface area is 105 Å². The summed E-state index contributed by atoms with van der Waals surface area (Å²) in [5.41, 5.74) is 5.93. The van der Waals surface area contributed by atoms with Crippen LogP contribution in [0, 0.1) is 11.8 Å². The third-order valence-electron chi connectivity index (χ3n) is 3.35. The van der Waals surface area contributed by atoms with Crippen LogP contribution in [0.1, 0.15) is 6.42 Å². The fourth-order valence-electron chi connectivity index (χ4n) is 2.35. The maximum atomic E-state index is 12.0. The van der Waals surface area contributed by atoms with Crippen LogP contribution in [0.15, 0.2) is 24.3 Å². The second kappa shape index (κ2) is 4.10. The third-order valence-corrected chi connectivity index (χ3v) is 3.35. The van der Waals surface area contributed by atoms with E-state index in [0.29, 0.717) is 31.0 Å². The van der Waals surface area contributed by atoms with E-state index < -0.39 is 0 Å². The molecule has 1 aromatic carbocycles. The van der Waals surface area contributed by atoms with Gasteiger partial charge in [0.2, 0.25) is 11.8 Å². The van der Waals surface area contributed by atoms with Crippen molar-refractivity contribution in [2.24, 2.45) is 17.6 Å². The maximum absolute atomic E-state index is 12.0. The van der Waals surface area contributed by atoms with E-state index in [2.05, 4.69) is 0 Å². The van der Waals surface area contributed by atoms with Gasteiger partial charge in [-0.15, -0.1) is 0 Å². The number of hydrogen-bond acceptors (Lipinski definition) is 4. The van der Waals surface area contributed by atoms with Crippen molar-refractivity contribution < 1.29 is 14.3 Å². The van der Waals surface area contributed by atoms with Crippen LogP contribution in [-0.2, 0) is 9.59 Å². The second-order valence-corrected chi connectivity index (χ2v) is 4.57. The molecule has 0 radical (unpaired) electrons. The van der Waals surface area contributed by atoms with Gasteiger partial charge in [0.05, 0.1) is 17.5 Å². The zero-order valence-electron chi connectivity index (χ0n) is 9.83. The Bertz CT molecular complexity index is 495. The number of benzene rings is 1. The molecule has 5 heteroatoms. The minimum Gasteiger partial charge on any atom is -0.490 e. The van der Waals surface area contributed by atoms with Crippen molar-refractivity contribution in [3.8, 4) is 5.75 Å². The molecular weight excluding hydrogens is 232 g/mol. The lowest BCUT2D eigenvalue weighted by atomic mass is 10.2. The van der Waals surface area contributed by atoms with Gasteiger partial charge in [-0.1, -0.05) is 12.1 Å². The summed E-state index contributed by atoms with van der Waals surface area (Å²) < 4.78 is 5.47. The van der Waals surface area contributed by atoms with Gasteiger partial charge in [0.25, 0.3) is 0 Å². The van der Waals surface area contributed by atoms with E-state index in [-0.39, 0.29) is 23.7 Å². The highest BCUT2D eigenvalue weighted by Crippen LogP contribution is 2.49. The van der Waals surface area contributed by atoms with Gasteiger partial charge in [-0.2, -0.15) is 0 Å². The van der Waals surface area contributed by atoms with Gasteiger partial charge in [0.15, 0.2) is 0 Å². The van der Waals surface area contributed by atoms with Crippen LogP contribution in [0.4, 0.5) is 5.69 Å². The molecule has 0 bridgehead atoms. The monoisotopic (exact) mass is 246 g/mol. The molecule has 1 heterocycles. The minimum absolute atomic E-state index is 0.0972. The minimum atomic E-state index is -0.103. The molecule has 2 fully saturated rings. The van der Waals surface area contributed by atoms with Crippen LogP contribution >= 0.6 is 0 Å². The molecule has 3 rings (SSSR count). The Morgan fingerprint density at radius 3 is 2.56 bits per heavy atom. The molecule has 94 valence electrons. The zero-order chi connectivity index (χ0) is 12.7. The summed E-state index contributed by atoms with van der Waals surface area (Å²) in [6.45, 7) is 0.752. The molecule has 1 aliphatic carbocycles. The average molecular weight is 246 g/mol. The normalized spacial score (nSPS) is 25.3. The topological polar surface area (TPSA) is 72.6 Å². The molecule has 2 atom stereocenters. The SMILES string of the molecule is NCCOc1ccccc1N1C(=O)C2CC2C1=O. The van der Waals surface area contributed by atoms with Gasteiger partial charge in [-0.3, -0.25) is 9.59 Å². The Kier molecular flexibility index (Phi) is 2.56. The van der Waals surface area contributed by atoms with Crippen molar-refractivity contribution in [2.75, 3.05) is 18.1 Å². The number of ether oxygens (including phenoxy) is 1. The Balaban J connectivity index is 1.92. The molecule has 2 unspecified atom stereocenters. The molecule has 5 nitrogen and oxygen atoms in total. The number of para-hydroxylation sites is 2. The van der Waals surface area contributed by atoms with Crippen molar-refractivity contribution in [1.82, 2.24) is 0 Å². The lowest BCUT2D eigenvalue weighted by molar-refractivity contribution is -0.123. The first kappa shape index (κ1) is 11.2. The molecular formula is C13H14N2O3. The highest BCUT2D eigenvalue weighted by atomic mass is 16.5. The second-order valence-electron chi connectivity index (χ2n) is 4.57. The zero-order valence-corrected chi connectivity index (χ0v) is 9.83. The predicted octanol–water partition coefficient (Wildman–Crippen LogP) is 0.533. The van der Waals surface area contributed by atoms with E-state index in [1.807, 2.05) is 0 Å². The average Bonchev–Trinajstić information content (AvgIpc) is 3.13. The molecule has 0 aromatic heterocycles. The van der Waals surface area contributed by atoms with E-state index in [4.69, 9.17) is 10.5 Å². The number of rotatable bonds is 4. The van der Waals surface area contributed by atoms with Gasteiger partial charge in [0, 0.05) is 6.54 Å². The van der Waals surface area contributed by atoms with Gasteiger partial charge < -0.3 is 10.5 Å². The highest BCUT2D eigenvalue weighted by molar-refractivity contribution is 6.25. The van der Waals surface area contributed by atoms with Gasteiger partial charge in [0.1, 0.15) is 12.4 Å². The summed E-state index contributed by atoms with van der Waals surface area (Å²) in [6.07, 6.45) is 0.708. The summed E-state index contributed by atoms with van der Waals surface area (Å²) in [4.78, 5) is 25.3. The number of piperidine rings is 1. The lowest BCUT2D eigenvalue weighted by Crippen LogP contribution is -2.33. The fourth-order valence-corrected chi connectivity index (χ4v) is 2.35. The first-order valence-corrected chi connectivity index (χ1v) is 6.03. The lowest BCUT2D eigenvalue weighted by Gasteiger charge is -2.19. The van der Waals surface area contributed by atoms with Crippen molar-refractivity contribution in [3.05, 3.63) is 24.3 Å². The van der Waals surface area contributed by atoms with Crippen LogP contribution in [-0.4, -0.2) is 25.0 Å². The van der Waals surface area contributed by atoms with Crippen LogP contribution in [0.5, 0.6) is 5.75 Å². The van der Waals surface area contributed by atoms with E-state index in [0.717, 1.165) is 0 Å². The molecule has 1 saturated heterocycles. The van der Waals surface area contributed by atoms with Gasteiger partial charge in [-0.05, 0) is 18.6 Å². The third kappa shape index (κ3) is 1.59. The number of imide groups is 1. The van der Waals surface area contributed by atoms with Crippen molar-refractivity contribution in [1.29, 1.82) is 0 Å². The van der Waals surface area contributed by atoms with Crippen LogP contribution in [0.25, 0.3) is 0 Å². The predicted molar refractivity (Wildman–Crippen MR) is 65.1 cm³/mol. The van der Waals surface area contributed by atoms with Crippen LogP contribution in [0.3, 0.4) is 0 Å². The Morgan fingerprint density at radius 2 is 1.89 bits per heavy atom. The Morgan fingerprint density at radius 1 is 1.22 bits per heavy atom. The molecule has 2 N–H and O–H groups in total. The summed E-state index contributed by atoms with van der Waals surface area (Å²) in [5, 5.41) is 0. The summed E-state index contributed by atoms with van der Waals surface area (Å²) in [6, 6.07) is 7.07. The number of hydrogen-bond donors (Lipinski definition) is 1. The molecule has 2 amide bonds. The molecule has 2 aliphatic rings. The van der Waals surface area contributed by atoms with E-state index in [1.54, 1.807) is 24.3 Å². The molecule has 18 heavy (non-hydrogen) atoms.